The van der Waals surface area contributed by atoms with E-state index in [0.29, 0.717) is 18.8 Å². The van der Waals surface area contributed by atoms with Gasteiger partial charge in [-0.25, -0.2) is 9.97 Å². The molecule has 1 saturated heterocycles. The number of aromatic nitrogens is 4. The lowest BCUT2D eigenvalue weighted by Crippen LogP contribution is -2.38. The molecule has 0 spiro atoms. The van der Waals surface area contributed by atoms with Crippen LogP contribution in [0.3, 0.4) is 0 Å². The zero-order valence-corrected chi connectivity index (χ0v) is 12.8. The summed E-state index contributed by atoms with van der Waals surface area (Å²) in [4.78, 5) is 25.8. The standard InChI is InChI=1S/C15H18N6O/c1-10-16-13-9-21(15(22)12-4-7-19(2)18-12)8-11(13)14(17-10)20-5-3-6-20/h4,7H,3,5-6,8-9H2,1-2H3. The van der Waals surface area contributed by atoms with Crippen LogP contribution in [0.1, 0.15) is 34.0 Å². The predicted molar refractivity (Wildman–Crippen MR) is 80.4 cm³/mol. The Hall–Kier alpha value is -2.44. The molecular weight excluding hydrogens is 280 g/mol. The normalized spacial score (nSPS) is 16.6. The van der Waals surface area contributed by atoms with Gasteiger partial charge in [0.05, 0.1) is 18.8 Å². The van der Waals surface area contributed by atoms with E-state index in [1.165, 1.54) is 6.42 Å². The van der Waals surface area contributed by atoms with E-state index in [0.717, 1.165) is 36.0 Å². The maximum atomic E-state index is 12.6. The highest BCUT2D eigenvalue weighted by Gasteiger charge is 2.32. The van der Waals surface area contributed by atoms with Gasteiger partial charge in [-0.15, -0.1) is 0 Å². The smallest absolute Gasteiger partial charge is 0.275 e. The summed E-state index contributed by atoms with van der Waals surface area (Å²) in [5.41, 5.74) is 2.54. The molecule has 2 aliphatic rings. The number of nitrogens with zero attached hydrogens (tertiary/aromatic N) is 6. The number of anilines is 1. The second kappa shape index (κ2) is 4.79. The monoisotopic (exact) mass is 298 g/mol. The molecule has 114 valence electrons. The van der Waals surface area contributed by atoms with Gasteiger partial charge >= 0.3 is 0 Å². The van der Waals surface area contributed by atoms with Crippen molar-refractivity contribution in [2.75, 3.05) is 18.0 Å². The zero-order valence-electron chi connectivity index (χ0n) is 12.8. The van der Waals surface area contributed by atoms with Gasteiger partial charge in [-0.1, -0.05) is 0 Å². The van der Waals surface area contributed by atoms with Gasteiger partial charge in [-0.2, -0.15) is 5.10 Å². The minimum absolute atomic E-state index is 0.0502. The van der Waals surface area contributed by atoms with E-state index < -0.39 is 0 Å². The molecule has 0 atom stereocenters. The molecule has 0 N–H and O–H groups in total. The predicted octanol–water partition coefficient (Wildman–Crippen LogP) is 0.885. The number of fused-ring (bicyclic) bond motifs is 1. The largest absolute Gasteiger partial charge is 0.356 e. The van der Waals surface area contributed by atoms with Crippen molar-refractivity contribution in [3.8, 4) is 0 Å². The Balaban J connectivity index is 1.63. The second-order valence-corrected chi connectivity index (χ2v) is 5.90. The van der Waals surface area contributed by atoms with Crippen molar-refractivity contribution in [2.24, 2.45) is 7.05 Å². The average molecular weight is 298 g/mol. The van der Waals surface area contributed by atoms with Crippen molar-refractivity contribution in [3.63, 3.8) is 0 Å². The van der Waals surface area contributed by atoms with Crippen molar-refractivity contribution in [1.82, 2.24) is 24.6 Å². The summed E-state index contributed by atoms with van der Waals surface area (Å²) >= 11 is 0. The number of rotatable bonds is 2. The first-order valence-electron chi connectivity index (χ1n) is 7.52. The Morgan fingerprint density at radius 2 is 2.05 bits per heavy atom. The van der Waals surface area contributed by atoms with Crippen LogP contribution in [0, 0.1) is 6.92 Å². The van der Waals surface area contributed by atoms with Crippen LogP contribution in [0.2, 0.25) is 0 Å². The Morgan fingerprint density at radius 3 is 2.68 bits per heavy atom. The van der Waals surface area contributed by atoms with E-state index in [2.05, 4.69) is 20.0 Å². The number of hydrogen-bond donors (Lipinski definition) is 0. The molecule has 4 rings (SSSR count). The minimum Gasteiger partial charge on any atom is -0.356 e. The van der Waals surface area contributed by atoms with Crippen molar-refractivity contribution < 1.29 is 4.79 Å². The SMILES string of the molecule is Cc1nc2c(c(N3CCC3)n1)CN(C(=O)c1ccn(C)n1)C2. The van der Waals surface area contributed by atoms with Gasteiger partial charge in [0, 0.05) is 31.9 Å². The maximum Gasteiger partial charge on any atom is 0.275 e. The molecule has 0 aromatic carbocycles. The lowest BCUT2D eigenvalue weighted by molar-refractivity contribution is 0.0743. The molecule has 22 heavy (non-hydrogen) atoms. The lowest BCUT2D eigenvalue weighted by Gasteiger charge is -2.33. The number of hydrogen-bond acceptors (Lipinski definition) is 5. The first-order chi connectivity index (χ1) is 10.6. The highest BCUT2D eigenvalue weighted by molar-refractivity contribution is 5.92. The van der Waals surface area contributed by atoms with Gasteiger partial charge < -0.3 is 9.80 Å². The molecule has 1 fully saturated rings. The third-order valence-corrected chi connectivity index (χ3v) is 4.25. The summed E-state index contributed by atoms with van der Waals surface area (Å²) in [6, 6.07) is 1.75. The van der Waals surface area contributed by atoms with Gasteiger partial charge in [0.15, 0.2) is 0 Å². The molecule has 2 aliphatic heterocycles. The van der Waals surface area contributed by atoms with E-state index in [1.54, 1.807) is 21.8 Å². The molecule has 0 saturated carbocycles. The Labute approximate surface area is 128 Å². The topological polar surface area (TPSA) is 67.2 Å². The van der Waals surface area contributed by atoms with Crippen LogP contribution in [0.25, 0.3) is 0 Å². The summed E-state index contributed by atoms with van der Waals surface area (Å²) in [5, 5.41) is 4.20. The molecule has 0 radical (unpaired) electrons. The molecule has 2 aromatic heterocycles. The molecule has 0 bridgehead atoms. The summed E-state index contributed by atoms with van der Waals surface area (Å²) in [7, 11) is 1.81. The van der Waals surface area contributed by atoms with Gasteiger partial charge in [0.25, 0.3) is 5.91 Å². The van der Waals surface area contributed by atoms with E-state index in [1.807, 2.05) is 14.0 Å². The van der Waals surface area contributed by atoms with Crippen LogP contribution < -0.4 is 4.90 Å². The Bertz CT molecular complexity index is 748. The third-order valence-electron chi connectivity index (χ3n) is 4.25. The first-order valence-corrected chi connectivity index (χ1v) is 7.52. The lowest BCUT2D eigenvalue weighted by atomic mass is 10.1. The van der Waals surface area contributed by atoms with Crippen molar-refractivity contribution in [3.05, 3.63) is 35.0 Å². The molecule has 7 heteroatoms. The molecule has 1 amide bonds. The zero-order chi connectivity index (χ0) is 15.3. The molecular formula is C15H18N6O. The number of carbonyl (C=O) groups excluding carboxylic acids is 1. The molecule has 4 heterocycles. The van der Waals surface area contributed by atoms with Crippen molar-refractivity contribution in [1.29, 1.82) is 0 Å². The van der Waals surface area contributed by atoms with Crippen molar-refractivity contribution >= 4 is 11.7 Å². The van der Waals surface area contributed by atoms with E-state index in [9.17, 15) is 4.79 Å². The van der Waals surface area contributed by atoms with E-state index in [4.69, 9.17) is 0 Å². The Kier molecular flexibility index (Phi) is 2.88. The number of amides is 1. The van der Waals surface area contributed by atoms with Crippen LogP contribution in [-0.4, -0.2) is 43.6 Å². The van der Waals surface area contributed by atoms with Gasteiger partial charge in [-0.05, 0) is 19.4 Å². The van der Waals surface area contributed by atoms with E-state index >= 15 is 0 Å². The van der Waals surface area contributed by atoms with E-state index in [-0.39, 0.29) is 5.91 Å². The minimum atomic E-state index is -0.0502. The van der Waals surface area contributed by atoms with Crippen molar-refractivity contribution in [2.45, 2.75) is 26.4 Å². The van der Waals surface area contributed by atoms with Crippen LogP contribution in [0.5, 0.6) is 0 Å². The number of aryl methyl sites for hydroxylation is 2. The summed E-state index contributed by atoms with van der Waals surface area (Å²) in [5.74, 6) is 1.73. The first kappa shape index (κ1) is 13.2. The molecule has 0 unspecified atom stereocenters. The average Bonchev–Trinajstić information content (AvgIpc) is 3.02. The highest BCUT2D eigenvalue weighted by Crippen LogP contribution is 2.32. The summed E-state index contributed by atoms with van der Waals surface area (Å²) in [6.07, 6.45) is 2.99. The Morgan fingerprint density at radius 1 is 1.23 bits per heavy atom. The van der Waals surface area contributed by atoms with Crippen LogP contribution in [-0.2, 0) is 20.1 Å². The fourth-order valence-electron chi connectivity index (χ4n) is 2.98. The summed E-state index contributed by atoms with van der Waals surface area (Å²) in [6.45, 7) is 5.09. The fourth-order valence-corrected chi connectivity index (χ4v) is 2.98. The fraction of sp³-hybridized carbons (Fsp3) is 0.467. The quantitative estimate of drug-likeness (QED) is 0.823. The van der Waals surface area contributed by atoms with Gasteiger partial charge in [0.2, 0.25) is 0 Å². The summed E-state index contributed by atoms with van der Waals surface area (Å²) < 4.78 is 1.64. The van der Waals surface area contributed by atoms with Crippen LogP contribution in [0.4, 0.5) is 5.82 Å². The van der Waals surface area contributed by atoms with Crippen LogP contribution in [0.15, 0.2) is 12.3 Å². The number of carbonyl (C=O) groups is 1. The molecule has 7 nitrogen and oxygen atoms in total. The highest BCUT2D eigenvalue weighted by atomic mass is 16.2. The maximum absolute atomic E-state index is 12.6. The molecule has 0 aliphatic carbocycles. The third kappa shape index (κ3) is 2.04. The molecule has 2 aromatic rings. The van der Waals surface area contributed by atoms with Gasteiger partial charge in [0.1, 0.15) is 17.3 Å². The second-order valence-electron chi connectivity index (χ2n) is 5.90. The van der Waals surface area contributed by atoms with Gasteiger partial charge in [-0.3, -0.25) is 9.48 Å². The van der Waals surface area contributed by atoms with Crippen LogP contribution >= 0.6 is 0 Å².